The molecule has 0 spiro atoms. The highest BCUT2D eigenvalue weighted by atomic mass is 19.1. The summed E-state index contributed by atoms with van der Waals surface area (Å²) in [7, 11) is 1.51. The number of nitrogens with two attached hydrogens (primary N) is 1. The van der Waals surface area contributed by atoms with Gasteiger partial charge in [-0.25, -0.2) is 4.39 Å². The summed E-state index contributed by atoms with van der Waals surface area (Å²) in [6.45, 7) is 1.28. The van der Waals surface area contributed by atoms with E-state index in [9.17, 15) is 4.39 Å². The fourth-order valence-corrected chi connectivity index (χ4v) is 1.09. The van der Waals surface area contributed by atoms with Gasteiger partial charge in [0.15, 0.2) is 0 Å². The topological polar surface area (TPSA) is 47.3 Å². The number of nitrogens with one attached hydrogen (secondary N) is 1. The molecule has 78 valence electrons. The third-order valence-electron chi connectivity index (χ3n) is 1.87. The Morgan fingerprint density at radius 1 is 1.50 bits per heavy atom. The maximum Gasteiger partial charge on any atom is 0.149 e. The van der Waals surface area contributed by atoms with Crippen molar-refractivity contribution in [2.24, 2.45) is 5.73 Å². The number of hydrogen-bond acceptors (Lipinski definition) is 3. The first-order chi connectivity index (χ1) is 6.77. The Balaban J connectivity index is 2.59. The van der Waals surface area contributed by atoms with E-state index in [1.807, 2.05) is 0 Å². The number of benzene rings is 1. The van der Waals surface area contributed by atoms with Gasteiger partial charge < -0.3 is 15.8 Å². The Kier molecular flexibility index (Phi) is 4.19. The van der Waals surface area contributed by atoms with Crippen LogP contribution < -0.4 is 15.8 Å². The standard InChI is InChI=1S/C10H15FN2O/c1-14-8-3-4-10(9(11)7-8)13-6-2-5-12/h3-4,7,13H,2,5-6,12H2,1H3. The van der Waals surface area contributed by atoms with Gasteiger partial charge in [0.05, 0.1) is 12.8 Å². The fourth-order valence-electron chi connectivity index (χ4n) is 1.09. The van der Waals surface area contributed by atoms with Crippen molar-refractivity contribution in [1.29, 1.82) is 0 Å². The molecule has 14 heavy (non-hydrogen) atoms. The minimum absolute atomic E-state index is 0.304. The van der Waals surface area contributed by atoms with Crippen LogP contribution in [0.4, 0.5) is 10.1 Å². The van der Waals surface area contributed by atoms with Crippen LogP contribution in [0.5, 0.6) is 5.75 Å². The Bertz CT molecular complexity index is 291. The van der Waals surface area contributed by atoms with Gasteiger partial charge in [0.2, 0.25) is 0 Å². The summed E-state index contributed by atoms with van der Waals surface area (Å²) >= 11 is 0. The minimum Gasteiger partial charge on any atom is -0.497 e. The molecule has 0 heterocycles. The Morgan fingerprint density at radius 3 is 2.86 bits per heavy atom. The van der Waals surface area contributed by atoms with Gasteiger partial charge in [-0.15, -0.1) is 0 Å². The lowest BCUT2D eigenvalue weighted by molar-refractivity contribution is 0.411. The van der Waals surface area contributed by atoms with Gasteiger partial charge in [-0.1, -0.05) is 0 Å². The van der Waals surface area contributed by atoms with E-state index in [2.05, 4.69) is 5.32 Å². The molecule has 0 bridgehead atoms. The summed E-state index contributed by atoms with van der Waals surface area (Å²) < 4.78 is 18.2. The van der Waals surface area contributed by atoms with Crippen molar-refractivity contribution >= 4 is 5.69 Å². The van der Waals surface area contributed by atoms with Gasteiger partial charge in [-0.2, -0.15) is 0 Å². The van der Waals surface area contributed by atoms with Crippen molar-refractivity contribution in [3.63, 3.8) is 0 Å². The first-order valence-corrected chi connectivity index (χ1v) is 4.55. The fraction of sp³-hybridized carbons (Fsp3) is 0.400. The average molecular weight is 198 g/mol. The number of rotatable bonds is 5. The van der Waals surface area contributed by atoms with Gasteiger partial charge in [0, 0.05) is 12.6 Å². The van der Waals surface area contributed by atoms with Crippen molar-refractivity contribution in [3.05, 3.63) is 24.0 Å². The van der Waals surface area contributed by atoms with Crippen LogP contribution in [0.25, 0.3) is 0 Å². The lowest BCUT2D eigenvalue weighted by atomic mass is 10.3. The van der Waals surface area contributed by atoms with Gasteiger partial charge >= 0.3 is 0 Å². The molecule has 0 aliphatic rings. The highest BCUT2D eigenvalue weighted by Crippen LogP contribution is 2.19. The molecule has 0 aliphatic heterocycles. The van der Waals surface area contributed by atoms with Crippen molar-refractivity contribution in [3.8, 4) is 5.75 Å². The van der Waals surface area contributed by atoms with Crippen molar-refractivity contribution in [1.82, 2.24) is 0 Å². The molecule has 0 radical (unpaired) electrons. The van der Waals surface area contributed by atoms with Crippen LogP contribution in [0.1, 0.15) is 6.42 Å². The molecule has 1 rings (SSSR count). The van der Waals surface area contributed by atoms with E-state index in [4.69, 9.17) is 10.5 Å². The van der Waals surface area contributed by atoms with Crippen LogP contribution >= 0.6 is 0 Å². The van der Waals surface area contributed by atoms with Crippen LogP contribution in [0.3, 0.4) is 0 Å². The Morgan fingerprint density at radius 2 is 2.29 bits per heavy atom. The first-order valence-electron chi connectivity index (χ1n) is 4.55. The van der Waals surface area contributed by atoms with E-state index in [0.717, 1.165) is 6.42 Å². The molecule has 3 nitrogen and oxygen atoms in total. The maximum atomic E-state index is 13.3. The molecule has 0 fully saturated rings. The molecule has 0 aliphatic carbocycles. The predicted molar refractivity (Wildman–Crippen MR) is 55.1 cm³/mol. The van der Waals surface area contributed by atoms with Gasteiger partial charge in [0.1, 0.15) is 11.6 Å². The molecule has 0 unspecified atom stereocenters. The highest BCUT2D eigenvalue weighted by molar-refractivity contribution is 5.47. The predicted octanol–water partition coefficient (Wildman–Crippen LogP) is 1.59. The van der Waals surface area contributed by atoms with Crippen LogP contribution in [-0.4, -0.2) is 20.2 Å². The maximum absolute atomic E-state index is 13.3. The molecule has 4 heteroatoms. The smallest absolute Gasteiger partial charge is 0.149 e. The van der Waals surface area contributed by atoms with Crippen LogP contribution in [0.2, 0.25) is 0 Å². The van der Waals surface area contributed by atoms with Gasteiger partial charge in [-0.05, 0) is 25.1 Å². The largest absolute Gasteiger partial charge is 0.497 e. The summed E-state index contributed by atoms with van der Waals surface area (Å²) in [4.78, 5) is 0. The van der Waals surface area contributed by atoms with E-state index < -0.39 is 0 Å². The summed E-state index contributed by atoms with van der Waals surface area (Å²) in [5.41, 5.74) is 5.81. The normalized spacial score (nSPS) is 9.93. The lowest BCUT2D eigenvalue weighted by Crippen LogP contribution is -2.09. The third kappa shape index (κ3) is 2.88. The molecule has 0 saturated carbocycles. The van der Waals surface area contributed by atoms with Crippen molar-refractivity contribution in [2.45, 2.75) is 6.42 Å². The molecular weight excluding hydrogens is 183 g/mol. The van der Waals surface area contributed by atoms with Crippen LogP contribution in [0, 0.1) is 5.82 Å². The SMILES string of the molecule is COc1ccc(NCCCN)c(F)c1. The molecule has 0 atom stereocenters. The van der Waals surface area contributed by atoms with E-state index in [0.29, 0.717) is 24.5 Å². The summed E-state index contributed by atoms with van der Waals surface area (Å²) in [5.74, 6) is 0.216. The number of halogens is 1. The number of ether oxygens (including phenoxy) is 1. The number of anilines is 1. The van der Waals surface area contributed by atoms with Crippen LogP contribution in [-0.2, 0) is 0 Å². The monoisotopic (exact) mass is 198 g/mol. The molecule has 0 saturated heterocycles. The van der Waals surface area contributed by atoms with Crippen LogP contribution in [0.15, 0.2) is 18.2 Å². The third-order valence-corrected chi connectivity index (χ3v) is 1.87. The van der Waals surface area contributed by atoms with E-state index in [1.165, 1.54) is 13.2 Å². The average Bonchev–Trinajstić information content (AvgIpc) is 2.20. The zero-order valence-electron chi connectivity index (χ0n) is 8.22. The van der Waals surface area contributed by atoms with E-state index in [-0.39, 0.29) is 5.82 Å². The van der Waals surface area contributed by atoms with E-state index in [1.54, 1.807) is 12.1 Å². The summed E-state index contributed by atoms with van der Waals surface area (Å²) in [5, 5.41) is 2.95. The second-order valence-electron chi connectivity index (χ2n) is 2.91. The first kappa shape index (κ1) is 10.8. The molecule has 3 N–H and O–H groups in total. The van der Waals surface area contributed by atoms with Gasteiger partial charge in [0.25, 0.3) is 0 Å². The molecule has 0 aromatic heterocycles. The second kappa shape index (κ2) is 5.44. The Hall–Kier alpha value is -1.29. The molecule has 0 amide bonds. The van der Waals surface area contributed by atoms with E-state index >= 15 is 0 Å². The quantitative estimate of drug-likeness (QED) is 0.706. The molecule has 1 aromatic rings. The minimum atomic E-state index is -0.304. The summed E-state index contributed by atoms with van der Waals surface area (Å²) in [6.07, 6.45) is 0.825. The number of methoxy groups -OCH3 is 1. The van der Waals surface area contributed by atoms with Crippen molar-refractivity contribution in [2.75, 3.05) is 25.5 Å². The lowest BCUT2D eigenvalue weighted by Gasteiger charge is -2.07. The molecular formula is C10H15FN2O. The number of hydrogen-bond donors (Lipinski definition) is 2. The Labute approximate surface area is 83.1 Å². The molecule has 1 aromatic carbocycles. The second-order valence-corrected chi connectivity index (χ2v) is 2.91. The summed E-state index contributed by atoms with van der Waals surface area (Å²) in [6, 6.07) is 4.73. The zero-order chi connectivity index (χ0) is 10.4. The van der Waals surface area contributed by atoms with Gasteiger partial charge in [-0.3, -0.25) is 0 Å². The highest BCUT2D eigenvalue weighted by Gasteiger charge is 2.02. The van der Waals surface area contributed by atoms with Crippen molar-refractivity contribution < 1.29 is 9.13 Å². The zero-order valence-corrected chi connectivity index (χ0v) is 8.22.